The van der Waals surface area contributed by atoms with Gasteiger partial charge in [0.2, 0.25) is 5.13 Å². The zero-order valence-corrected chi connectivity index (χ0v) is 18.4. The lowest BCUT2D eigenvalue weighted by Gasteiger charge is -2.11. The SMILES string of the molecule is COc1cc(/C=N\Nc2nc(-c3ccc(Cl)cc3)cs2)ccc1OCc1ccccc1. The van der Waals surface area contributed by atoms with Crippen LogP contribution in [-0.4, -0.2) is 18.3 Å². The molecule has 0 saturated carbocycles. The predicted octanol–water partition coefficient (Wildman–Crippen LogP) is 6.50. The molecule has 0 atom stereocenters. The van der Waals surface area contributed by atoms with Crippen molar-refractivity contribution in [2.24, 2.45) is 5.10 Å². The first-order valence-electron chi connectivity index (χ1n) is 9.56. The number of nitrogens with one attached hydrogen (secondary N) is 1. The summed E-state index contributed by atoms with van der Waals surface area (Å²) in [5, 5.41) is 7.67. The zero-order valence-electron chi connectivity index (χ0n) is 16.8. The largest absolute Gasteiger partial charge is 0.493 e. The molecule has 0 saturated heterocycles. The van der Waals surface area contributed by atoms with Gasteiger partial charge in [-0.2, -0.15) is 5.10 Å². The Balaban J connectivity index is 1.38. The Morgan fingerprint density at radius 3 is 2.61 bits per heavy atom. The second-order valence-corrected chi connectivity index (χ2v) is 7.89. The van der Waals surface area contributed by atoms with Gasteiger partial charge >= 0.3 is 0 Å². The van der Waals surface area contributed by atoms with E-state index in [9.17, 15) is 0 Å². The second kappa shape index (κ2) is 10.1. The summed E-state index contributed by atoms with van der Waals surface area (Å²) in [5.41, 5.74) is 6.83. The van der Waals surface area contributed by atoms with Crippen LogP contribution in [-0.2, 0) is 6.61 Å². The highest BCUT2D eigenvalue weighted by Crippen LogP contribution is 2.29. The van der Waals surface area contributed by atoms with Gasteiger partial charge in [-0.25, -0.2) is 4.98 Å². The summed E-state index contributed by atoms with van der Waals surface area (Å²) < 4.78 is 11.4. The lowest BCUT2D eigenvalue weighted by Crippen LogP contribution is -1.98. The first-order valence-corrected chi connectivity index (χ1v) is 10.8. The van der Waals surface area contributed by atoms with Gasteiger partial charge in [-0.3, -0.25) is 5.43 Å². The maximum Gasteiger partial charge on any atom is 0.203 e. The minimum atomic E-state index is 0.478. The maximum atomic E-state index is 5.94. The van der Waals surface area contributed by atoms with Crippen LogP contribution in [0.15, 0.2) is 83.3 Å². The third-order valence-electron chi connectivity index (χ3n) is 4.44. The number of methoxy groups -OCH3 is 1. The van der Waals surface area contributed by atoms with E-state index in [1.165, 1.54) is 11.3 Å². The molecule has 0 spiro atoms. The normalized spacial score (nSPS) is 10.9. The fourth-order valence-electron chi connectivity index (χ4n) is 2.86. The monoisotopic (exact) mass is 449 g/mol. The molecule has 5 nitrogen and oxygen atoms in total. The molecular formula is C24H20ClN3O2S. The summed E-state index contributed by atoms with van der Waals surface area (Å²) in [6.45, 7) is 0.478. The predicted molar refractivity (Wildman–Crippen MR) is 128 cm³/mol. The molecule has 3 aromatic carbocycles. The van der Waals surface area contributed by atoms with E-state index in [1.54, 1.807) is 13.3 Å². The lowest BCUT2D eigenvalue weighted by molar-refractivity contribution is 0.284. The van der Waals surface area contributed by atoms with Crippen molar-refractivity contribution in [2.75, 3.05) is 12.5 Å². The average Bonchev–Trinajstić information content (AvgIpc) is 3.28. The maximum absolute atomic E-state index is 5.94. The van der Waals surface area contributed by atoms with Crippen molar-refractivity contribution in [3.05, 3.63) is 94.3 Å². The van der Waals surface area contributed by atoms with Crippen molar-refractivity contribution in [1.29, 1.82) is 0 Å². The molecule has 31 heavy (non-hydrogen) atoms. The molecule has 1 N–H and O–H groups in total. The van der Waals surface area contributed by atoms with Gasteiger partial charge in [0.25, 0.3) is 0 Å². The summed E-state index contributed by atoms with van der Waals surface area (Å²) in [7, 11) is 1.62. The average molecular weight is 450 g/mol. The van der Waals surface area contributed by atoms with Crippen molar-refractivity contribution in [2.45, 2.75) is 6.61 Å². The van der Waals surface area contributed by atoms with Gasteiger partial charge in [-0.05, 0) is 41.5 Å². The van der Waals surface area contributed by atoms with Crippen LogP contribution < -0.4 is 14.9 Å². The van der Waals surface area contributed by atoms with Crippen LogP contribution in [0, 0.1) is 0 Å². The van der Waals surface area contributed by atoms with Crippen LogP contribution in [0.2, 0.25) is 5.02 Å². The highest BCUT2D eigenvalue weighted by atomic mass is 35.5. The Labute approximate surface area is 190 Å². The molecule has 4 aromatic rings. The molecule has 0 radical (unpaired) electrons. The Bertz CT molecular complexity index is 1160. The number of hydrogen-bond acceptors (Lipinski definition) is 6. The summed E-state index contributed by atoms with van der Waals surface area (Å²) in [6, 6.07) is 23.3. The van der Waals surface area contributed by atoms with Gasteiger partial charge in [0.15, 0.2) is 11.5 Å². The molecule has 0 aliphatic heterocycles. The van der Waals surface area contributed by atoms with Crippen molar-refractivity contribution >= 4 is 34.3 Å². The lowest BCUT2D eigenvalue weighted by atomic mass is 10.2. The number of nitrogens with zero attached hydrogens (tertiary/aromatic N) is 2. The molecule has 1 heterocycles. The van der Waals surface area contributed by atoms with Gasteiger partial charge in [-0.1, -0.05) is 54.1 Å². The van der Waals surface area contributed by atoms with Crippen LogP contribution in [0.1, 0.15) is 11.1 Å². The van der Waals surface area contributed by atoms with Gasteiger partial charge in [0.1, 0.15) is 6.61 Å². The van der Waals surface area contributed by atoms with Crippen molar-refractivity contribution in [1.82, 2.24) is 4.98 Å². The van der Waals surface area contributed by atoms with E-state index in [2.05, 4.69) is 15.5 Å². The molecule has 156 valence electrons. The smallest absolute Gasteiger partial charge is 0.203 e. The summed E-state index contributed by atoms with van der Waals surface area (Å²) in [5.74, 6) is 1.34. The minimum Gasteiger partial charge on any atom is -0.493 e. The van der Waals surface area contributed by atoms with Crippen LogP contribution in [0.4, 0.5) is 5.13 Å². The number of benzene rings is 3. The van der Waals surface area contributed by atoms with Gasteiger partial charge in [-0.15, -0.1) is 11.3 Å². The van der Waals surface area contributed by atoms with Gasteiger partial charge < -0.3 is 9.47 Å². The Kier molecular flexibility index (Phi) is 6.82. The van der Waals surface area contributed by atoms with Crippen LogP contribution in [0.25, 0.3) is 11.3 Å². The van der Waals surface area contributed by atoms with Gasteiger partial charge in [0, 0.05) is 16.0 Å². The third kappa shape index (κ3) is 5.63. The summed E-state index contributed by atoms with van der Waals surface area (Å²) in [4.78, 5) is 4.55. The van der Waals surface area contributed by atoms with E-state index in [0.29, 0.717) is 28.3 Å². The van der Waals surface area contributed by atoms with Gasteiger partial charge in [0.05, 0.1) is 19.0 Å². The molecule has 0 aliphatic carbocycles. The van der Waals surface area contributed by atoms with Crippen LogP contribution in [0.3, 0.4) is 0 Å². The highest BCUT2D eigenvalue weighted by Gasteiger charge is 2.06. The fourth-order valence-corrected chi connectivity index (χ4v) is 3.65. The number of aromatic nitrogens is 1. The van der Waals surface area contributed by atoms with E-state index in [-0.39, 0.29) is 0 Å². The molecule has 0 amide bonds. The first-order chi connectivity index (χ1) is 15.2. The highest BCUT2D eigenvalue weighted by molar-refractivity contribution is 7.14. The van der Waals surface area contributed by atoms with Crippen LogP contribution in [0.5, 0.6) is 11.5 Å². The zero-order chi connectivity index (χ0) is 21.5. The fraction of sp³-hybridized carbons (Fsp3) is 0.0833. The molecule has 0 fully saturated rings. The molecule has 0 aliphatic rings. The number of thiazole rings is 1. The summed E-state index contributed by atoms with van der Waals surface area (Å²) >= 11 is 7.43. The van der Waals surface area contributed by atoms with Crippen molar-refractivity contribution in [3.8, 4) is 22.8 Å². The summed E-state index contributed by atoms with van der Waals surface area (Å²) in [6.07, 6.45) is 1.72. The number of ether oxygens (including phenoxy) is 2. The molecule has 1 aromatic heterocycles. The number of hydrogen-bond donors (Lipinski definition) is 1. The van der Waals surface area contributed by atoms with E-state index in [1.807, 2.05) is 78.2 Å². The van der Waals surface area contributed by atoms with Crippen molar-refractivity contribution < 1.29 is 9.47 Å². The number of rotatable bonds is 8. The van der Waals surface area contributed by atoms with E-state index >= 15 is 0 Å². The molecular weight excluding hydrogens is 430 g/mol. The number of halogens is 1. The van der Waals surface area contributed by atoms with E-state index < -0.39 is 0 Å². The molecule has 7 heteroatoms. The second-order valence-electron chi connectivity index (χ2n) is 6.60. The number of anilines is 1. The Hall–Kier alpha value is -3.35. The van der Waals surface area contributed by atoms with E-state index in [0.717, 1.165) is 22.4 Å². The first kappa shape index (κ1) is 20.9. The van der Waals surface area contributed by atoms with Crippen LogP contribution >= 0.6 is 22.9 Å². The Morgan fingerprint density at radius 1 is 1.03 bits per heavy atom. The molecule has 0 bridgehead atoms. The molecule has 0 unspecified atom stereocenters. The quantitative estimate of drug-likeness (QED) is 0.246. The van der Waals surface area contributed by atoms with Crippen molar-refractivity contribution in [3.63, 3.8) is 0 Å². The standard InChI is InChI=1S/C24H20ClN3O2S/c1-29-23-13-18(7-12-22(23)30-15-17-5-3-2-4-6-17)14-26-28-24-27-21(16-31-24)19-8-10-20(25)11-9-19/h2-14,16H,15H2,1H3,(H,27,28)/b26-14-. The van der Waals surface area contributed by atoms with E-state index in [4.69, 9.17) is 21.1 Å². The minimum absolute atomic E-state index is 0.478. The Morgan fingerprint density at radius 2 is 1.84 bits per heavy atom. The number of hydrazone groups is 1. The third-order valence-corrected chi connectivity index (χ3v) is 5.44. The molecule has 4 rings (SSSR count). The topological polar surface area (TPSA) is 55.7 Å².